The van der Waals surface area contributed by atoms with Crippen LogP contribution in [0.15, 0.2) is 33.5 Å². The van der Waals surface area contributed by atoms with Crippen LogP contribution in [0.3, 0.4) is 0 Å². The number of ether oxygens (including phenoxy) is 1. The van der Waals surface area contributed by atoms with Crippen LogP contribution in [-0.2, 0) is 16.1 Å². The highest BCUT2D eigenvalue weighted by atomic mass is 16.5. The van der Waals surface area contributed by atoms with Crippen molar-refractivity contribution in [3.63, 3.8) is 0 Å². The van der Waals surface area contributed by atoms with Gasteiger partial charge in [0.25, 0.3) is 0 Å². The molecule has 23 heavy (non-hydrogen) atoms. The Labute approximate surface area is 130 Å². The van der Waals surface area contributed by atoms with Crippen LogP contribution in [0.1, 0.15) is 12.5 Å². The van der Waals surface area contributed by atoms with Crippen molar-refractivity contribution in [2.75, 3.05) is 12.3 Å². The number of fused-ring (bicyclic) bond motifs is 3. The van der Waals surface area contributed by atoms with E-state index in [9.17, 15) is 14.9 Å². The van der Waals surface area contributed by atoms with E-state index < -0.39 is 11.6 Å². The Kier molecular flexibility index (Phi) is 3.50. The fraction of sp³-hybridized carbons (Fsp3) is 0.188. The van der Waals surface area contributed by atoms with Crippen LogP contribution in [0.4, 0.5) is 5.82 Å². The molecule has 0 fully saturated rings. The summed E-state index contributed by atoms with van der Waals surface area (Å²) in [4.78, 5) is 23.9. The highest BCUT2D eigenvalue weighted by molar-refractivity contribution is 6.09. The van der Waals surface area contributed by atoms with Crippen LogP contribution >= 0.6 is 0 Å². The van der Waals surface area contributed by atoms with Crippen molar-refractivity contribution in [3.8, 4) is 6.07 Å². The third kappa shape index (κ3) is 2.21. The molecular weight excluding hydrogens is 298 g/mol. The maximum Gasteiger partial charge on any atom is 0.345 e. The number of nitriles is 1. The lowest BCUT2D eigenvalue weighted by Crippen LogP contribution is -2.15. The summed E-state index contributed by atoms with van der Waals surface area (Å²) in [5.41, 5.74) is 5.69. The molecule has 1 aromatic carbocycles. The monoisotopic (exact) mass is 311 g/mol. The van der Waals surface area contributed by atoms with Crippen LogP contribution in [0, 0.1) is 11.3 Å². The molecule has 0 aliphatic heterocycles. The normalized spacial score (nSPS) is 10.8. The fourth-order valence-electron chi connectivity index (χ4n) is 2.60. The van der Waals surface area contributed by atoms with Crippen molar-refractivity contribution in [1.29, 1.82) is 5.26 Å². The van der Waals surface area contributed by atoms with Crippen LogP contribution in [-0.4, -0.2) is 17.1 Å². The number of anilines is 1. The van der Waals surface area contributed by atoms with Gasteiger partial charge in [-0.15, -0.1) is 0 Å². The minimum Gasteiger partial charge on any atom is -0.465 e. The molecule has 116 valence electrons. The molecule has 0 bridgehead atoms. The molecule has 0 aliphatic rings. The van der Waals surface area contributed by atoms with Crippen molar-refractivity contribution in [2.45, 2.75) is 13.5 Å². The van der Waals surface area contributed by atoms with Crippen LogP contribution in [0.2, 0.25) is 0 Å². The lowest BCUT2D eigenvalue weighted by atomic mass is 10.1. The van der Waals surface area contributed by atoms with Gasteiger partial charge < -0.3 is 14.9 Å². The smallest absolute Gasteiger partial charge is 0.345 e. The SMILES string of the molecule is CCOC(=O)Cn1c(N)c(C#N)c2c3ccccc3c(=O)oc21. The van der Waals surface area contributed by atoms with Gasteiger partial charge in [0.05, 0.1) is 17.4 Å². The van der Waals surface area contributed by atoms with Gasteiger partial charge in [0.1, 0.15) is 24.0 Å². The minimum atomic E-state index is -0.555. The Morgan fingerprint density at radius 2 is 2.09 bits per heavy atom. The summed E-state index contributed by atoms with van der Waals surface area (Å²) >= 11 is 0. The second-order valence-corrected chi connectivity index (χ2v) is 4.88. The first-order valence-corrected chi connectivity index (χ1v) is 6.97. The number of hydrogen-bond donors (Lipinski definition) is 1. The zero-order chi connectivity index (χ0) is 16.6. The average molecular weight is 311 g/mol. The van der Waals surface area contributed by atoms with Crippen LogP contribution < -0.4 is 11.4 Å². The molecule has 0 aliphatic carbocycles. The van der Waals surface area contributed by atoms with E-state index in [1.54, 1.807) is 31.2 Å². The summed E-state index contributed by atoms with van der Waals surface area (Å²) in [5.74, 6) is -0.466. The molecule has 7 heteroatoms. The van der Waals surface area contributed by atoms with E-state index in [4.69, 9.17) is 14.9 Å². The Morgan fingerprint density at radius 1 is 1.39 bits per heavy atom. The third-order valence-corrected chi connectivity index (χ3v) is 3.57. The number of nitrogens with two attached hydrogens (primary N) is 1. The minimum absolute atomic E-state index is 0.0649. The van der Waals surface area contributed by atoms with Crippen molar-refractivity contribution in [1.82, 2.24) is 4.57 Å². The molecule has 2 N–H and O–H groups in total. The molecule has 2 aromatic heterocycles. The molecular formula is C16H13N3O4. The summed E-state index contributed by atoms with van der Waals surface area (Å²) < 4.78 is 11.5. The number of carbonyl (C=O) groups is 1. The Balaban J connectivity index is 2.39. The molecule has 0 saturated heterocycles. The molecule has 0 spiro atoms. The van der Waals surface area contributed by atoms with Gasteiger partial charge in [0, 0.05) is 5.39 Å². The number of benzene rings is 1. The van der Waals surface area contributed by atoms with Crippen molar-refractivity contribution in [2.24, 2.45) is 0 Å². The van der Waals surface area contributed by atoms with E-state index in [2.05, 4.69) is 0 Å². The molecule has 0 amide bonds. The highest BCUT2D eigenvalue weighted by Crippen LogP contribution is 2.32. The predicted octanol–water partition coefficient (Wildman–Crippen LogP) is 1.76. The summed E-state index contributed by atoms with van der Waals surface area (Å²) in [6.07, 6.45) is 0. The number of hydrogen-bond acceptors (Lipinski definition) is 6. The van der Waals surface area contributed by atoms with Gasteiger partial charge in [-0.2, -0.15) is 5.26 Å². The maximum atomic E-state index is 12.1. The van der Waals surface area contributed by atoms with Crippen molar-refractivity contribution >= 4 is 33.7 Å². The first kappa shape index (κ1) is 14.7. The lowest BCUT2D eigenvalue weighted by molar-refractivity contribution is -0.143. The number of nitrogens with zero attached hydrogens (tertiary/aromatic N) is 2. The summed E-state index contributed by atoms with van der Waals surface area (Å²) in [7, 11) is 0. The van der Waals surface area contributed by atoms with E-state index >= 15 is 0 Å². The van der Waals surface area contributed by atoms with E-state index in [0.717, 1.165) is 0 Å². The van der Waals surface area contributed by atoms with Crippen LogP contribution in [0.25, 0.3) is 21.9 Å². The summed E-state index contributed by atoms with van der Waals surface area (Å²) in [6, 6.07) is 8.79. The number of rotatable bonds is 3. The van der Waals surface area contributed by atoms with E-state index in [-0.39, 0.29) is 30.2 Å². The standard InChI is InChI=1S/C16H13N3O4/c1-2-22-12(20)8-19-14(18)11(7-17)13-9-5-3-4-6-10(9)16(21)23-15(13)19/h3-6H,2,8,18H2,1H3. The molecule has 0 atom stereocenters. The van der Waals surface area contributed by atoms with Crippen molar-refractivity contribution in [3.05, 3.63) is 40.2 Å². The highest BCUT2D eigenvalue weighted by Gasteiger charge is 2.22. The molecule has 3 rings (SSSR count). The number of nitrogen functional groups attached to an aromatic ring is 1. The molecule has 0 unspecified atom stereocenters. The molecule has 3 aromatic rings. The number of carbonyl (C=O) groups excluding carboxylic acids is 1. The van der Waals surface area contributed by atoms with Gasteiger partial charge in [-0.1, -0.05) is 18.2 Å². The Bertz CT molecular complexity index is 1020. The molecule has 2 heterocycles. The fourth-order valence-corrected chi connectivity index (χ4v) is 2.60. The van der Waals surface area contributed by atoms with Gasteiger partial charge >= 0.3 is 11.6 Å². The van der Waals surface area contributed by atoms with Gasteiger partial charge in [0.15, 0.2) is 0 Å². The van der Waals surface area contributed by atoms with Gasteiger partial charge in [0.2, 0.25) is 5.71 Å². The maximum absolute atomic E-state index is 12.1. The summed E-state index contributed by atoms with van der Waals surface area (Å²) in [6.45, 7) is 1.67. The van der Waals surface area contributed by atoms with Crippen LogP contribution in [0.5, 0.6) is 0 Å². The number of aromatic nitrogens is 1. The molecule has 7 nitrogen and oxygen atoms in total. The molecule has 0 radical (unpaired) electrons. The van der Waals surface area contributed by atoms with Gasteiger partial charge in [-0.25, -0.2) is 4.79 Å². The number of esters is 1. The van der Waals surface area contributed by atoms with Gasteiger partial charge in [-0.3, -0.25) is 9.36 Å². The quantitative estimate of drug-likeness (QED) is 0.738. The second-order valence-electron chi connectivity index (χ2n) is 4.88. The van der Waals surface area contributed by atoms with Crippen molar-refractivity contribution < 1.29 is 13.9 Å². The lowest BCUT2D eigenvalue weighted by Gasteiger charge is -2.06. The summed E-state index contributed by atoms with van der Waals surface area (Å²) in [5, 5.41) is 10.7. The molecule has 0 saturated carbocycles. The van der Waals surface area contributed by atoms with E-state index in [1.807, 2.05) is 6.07 Å². The van der Waals surface area contributed by atoms with E-state index in [1.165, 1.54) is 4.57 Å². The first-order valence-electron chi connectivity index (χ1n) is 6.97. The largest absolute Gasteiger partial charge is 0.465 e. The Morgan fingerprint density at radius 3 is 2.74 bits per heavy atom. The second kappa shape index (κ2) is 5.50. The van der Waals surface area contributed by atoms with Gasteiger partial charge in [-0.05, 0) is 13.0 Å². The first-order chi connectivity index (χ1) is 11.1. The third-order valence-electron chi connectivity index (χ3n) is 3.57. The Hall–Kier alpha value is -3.27. The predicted molar refractivity (Wildman–Crippen MR) is 83.7 cm³/mol. The topological polar surface area (TPSA) is 111 Å². The zero-order valence-corrected chi connectivity index (χ0v) is 12.3. The van der Waals surface area contributed by atoms with E-state index in [0.29, 0.717) is 16.2 Å². The zero-order valence-electron chi connectivity index (χ0n) is 12.3. The average Bonchev–Trinajstić information content (AvgIpc) is 2.80.